The van der Waals surface area contributed by atoms with Crippen LogP contribution in [0.25, 0.3) is 17.4 Å². The summed E-state index contributed by atoms with van der Waals surface area (Å²) in [6.07, 6.45) is 3.67. The van der Waals surface area contributed by atoms with Crippen molar-refractivity contribution < 1.29 is 9.21 Å². The molecule has 1 N–H and O–H groups in total. The summed E-state index contributed by atoms with van der Waals surface area (Å²) in [6, 6.07) is 11.3. The molecule has 1 heterocycles. The van der Waals surface area contributed by atoms with Crippen LogP contribution in [0.5, 0.6) is 0 Å². The van der Waals surface area contributed by atoms with E-state index in [9.17, 15) is 4.79 Å². The molecule has 0 saturated heterocycles. The lowest BCUT2D eigenvalue weighted by Crippen LogP contribution is -2.19. The van der Waals surface area contributed by atoms with Gasteiger partial charge in [0.2, 0.25) is 5.91 Å². The van der Waals surface area contributed by atoms with Crippen LogP contribution >= 0.6 is 11.6 Å². The normalized spacial score (nSPS) is 10.8. The van der Waals surface area contributed by atoms with Crippen LogP contribution in [0.15, 0.2) is 46.9 Å². The Morgan fingerprint density at radius 3 is 2.68 bits per heavy atom. The second-order valence-electron chi connectivity index (χ2n) is 4.05. The summed E-state index contributed by atoms with van der Waals surface area (Å²) in [5.41, 5.74) is 0.978. The van der Waals surface area contributed by atoms with E-state index in [0.717, 1.165) is 17.1 Å². The SMILES string of the molecule is CC(=O)NCC=Cc1ccc(-c2ccc(Cl)cc2)o1. The van der Waals surface area contributed by atoms with E-state index in [1.165, 1.54) is 6.92 Å². The molecule has 1 amide bonds. The van der Waals surface area contributed by atoms with E-state index < -0.39 is 0 Å². The van der Waals surface area contributed by atoms with Crippen molar-refractivity contribution in [2.75, 3.05) is 6.54 Å². The van der Waals surface area contributed by atoms with Gasteiger partial charge in [0.25, 0.3) is 0 Å². The summed E-state index contributed by atoms with van der Waals surface area (Å²) in [7, 11) is 0. The number of nitrogens with one attached hydrogen (secondary N) is 1. The second kappa shape index (κ2) is 6.25. The highest BCUT2D eigenvalue weighted by molar-refractivity contribution is 6.30. The van der Waals surface area contributed by atoms with E-state index >= 15 is 0 Å². The van der Waals surface area contributed by atoms with Gasteiger partial charge in [-0.2, -0.15) is 0 Å². The third kappa shape index (κ3) is 4.00. The fourth-order valence-electron chi connectivity index (χ4n) is 1.59. The minimum atomic E-state index is -0.0500. The first kappa shape index (κ1) is 13.4. The molecule has 2 aromatic rings. The van der Waals surface area contributed by atoms with Crippen molar-refractivity contribution in [2.45, 2.75) is 6.92 Å². The van der Waals surface area contributed by atoms with Gasteiger partial charge in [-0.25, -0.2) is 0 Å². The summed E-state index contributed by atoms with van der Waals surface area (Å²) in [5, 5.41) is 3.38. The van der Waals surface area contributed by atoms with Gasteiger partial charge in [0.05, 0.1) is 0 Å². The Balaban J connectivity index is 2.02. The maximum absolute atomic E-state index is 10.7. The zero-order chi connectivity index (χ0) is 13.7. The van der Waals surface area contributed by atoms with Crippen LogP contribution < -0.4 is 5.32 Å². The van der Waals surface area contributed by atoms with Crippen molar-refractivity contribution in [1.82, 2.24) is 5.32 Å². The van der Waals surface area contributed by atoms with Gasteiger partial charge in [-0.3, -0.25) is 4.79 Å². The van der Waals surface area contributed by atoms with Crippen molar-refractivity contribution in [2.24, 2.45) is 0 Å². The average Bonchev–Trinajstić information content (AvgIpc) is 2.84. The molecule has 19 heavy (non-hydrogen) atoms. The van der Waals surface area contributed by atoms with Gasteiger partial charge >= 0.3 is 0 Å². The fourth-order valence-corrected chi connectivity index (χ4v) is 1.72. The van der Waals surface area contributed by atoms with Gasteiger partial charge in [-0.05, 0) is 42.5 Å². The summed E-state index contributed by atoms with van der Waals surface area (Å²) in [4.78, 5) is 10.7. The summed E-state index contributed by atoms with van der Waals surface area (Å²) in [5.74, 6) is 1.48. The van der Waals surface area contributed by atoms with Crippen LogP contribution in [0.1, 0.15) is 12.7 Å². The number of carbonyl (C=O) groups is 1. The maximum Gasteiger partial charge on any atom is 0.217 e. The van der Waals surface area contributed by atoms with E-state index in [2.05, 4.69) is 5.32 Å². The largest absolute Gasteiger partial charge is 0.457 e. The van der Waals surface area contributed by atoms with Crippen LogP contribution in [0.3, 0.4) is 0 Å². The molecule has 0 aliphatic carbocycles. The highest BCUT2D eigenvalue weighted by Crippen LogP contribution is 2.24. The van der Waals surface area contributed by atoms with Gasteiger partial charge in [0, 0.05) is 24.1 Å². The van der Waals surface area contributed by atoms with Gasteiger partial charge < -0.3 is 9.73 Å². The smallest absolute Gasteiger partial charge is 0.217 e. The number of carbonyl (C=O) groups excluding carboxylic acids is 1. The van der Waals surface area contributed by atoms with Crippen LogP contribution in [0.4, 0.5) is 0 Å². The lowest BCUT2D eigenvalue weighted by molar-refractivity contribution is -0.118. The zero-order valence-corrected chi connectivity index (χ0v) is 11.3. The molecule has 0 aliphatic rings. The Hall–Kier alpha value is -2.00. The predicted octanol–water partition coefficient (Wildman–Crippen LogP) is 3.75. The summed E-state index contributed by atoms with van der Waals surface area (Å²) in [6.45, 7) is 1.98. The molecule has 3 nitrogen and oxygen atoms in total. The number of furan rings is 1. The second-order valence-corrected chi connectivity index (χ2v) is 4.48. The minimum absolute atomic E-state index is 0.0500. The topological polar surface area (TPSA) is 42.2 Å². The average molecular weight is 276 g/mol. The molecule has 0 unspecified atom stereocenters. The molecular formula is C15H14ClNO2. The Bertz CT molecular complexity index is 584. The molecular weight excluding hydrogens is 262 g/mol. The molecule has 2 rings (SSSR count). The number of hydrogen-bond donors (Lipinski definition) is 1. The first-order chi connectivity index (χ1) is 9.15. The first-order valence-corrected chi connectivity index (χ1v) is 6.30. The molecule has 4 heteroatoms. The molecule has 0 aliphatic heterocycles. The highest BCUT2D eigenvalue weighted by Gasteiger charge is 2.02. The lowest BCUT2D eigenvalue weighted by atomic mass is 10.2. The standard InChI is InChI=1S/C15H14ClNO2/c1-11(18)17-10-2-3-14-8-9-15(19-14)12-4-6-13(16)7-5-12/h2-9H,10H2,1H3,(H,17,18). The van der Waals surface area contributed by atoms with Crippen molar-refractivity contribution in [1.29, 1.82) is 0 Å². The van der Waals surface area contributed by atoms with Crippen molar-refractivity contribution in [3.63, 3.8) is 0 Å². The van der Waals surface area contributed by atoms with Crippen LogP contribution in [0, 0.1) is 0 Å². The number of rotatable bonds is 4. The molecule has 0 atom stereocenters. The highest BCUT2D eigenvalue weighted by atomic mass is 35.5. The number of benzene rings is 1. The fraction of sp³-hybridized carbons (Fsp3) is 0.133. The monoisotopic (exact) mass is 275 g/mol. The zero-order valence-electron chi connectivity index (χ0n) is 10.5. The van der Waals surface area contributed by atoms with E-state index in [1.807, 2.05) is 48.6 Å². The quantitative estimate of drug-likeness (QED) is 0.923. The molecule has 1 aromatic carbocycles. The number of amides is 1. The van der Waals surface area contributed by atoms with Gasteiger partial charge in [0.15, 0.2) is 0 Å². The van der Waals surface area contributed by atoms with Gasteiger partial charge in [-0.1, -0.05) is 17.7 Å². The molecule has 0 fully saturated rings. The predicted molar refractivity (Wildman–Crippen MR) is 76.9 cm³/mol. The number of halogens is 1. The van der Waals surface area contributed by atoms with Crippen LogP contribution in [-0.2, 0) is 4.79 Å². The Labute approximate surface area is 116 Å². The van der Waals surface area contributed by atoms with Crippen LogP contribution in [-0.4, -0.2) is 12.5 Å². The van der Waals surface area contributed by atoms with Gasteiger partial charge in [0.1, 0.15) is 11.5 Å². The van der Waals surface area contributed by atoms with E-state index in [4.69, 9.17) is 16.0 Å². The van der Waals surface area contributed by atoms with Crippen molar-refractivity contribution in [3.8, 4) is 11.3 Å². The molecule has 0 radical (unpaired) electrons. The van der Waals surface area contributed by atoms with E-state index in [0.29, 0.717) is 11.6 Å². The molecule has 0 spiro atoms. The minimum Gasteiger partial charge on any atom is -0.457 e. The Kier molecular flexibility index (Phi) is 4.42. The lowest BCUT2D eigenvalue weighted by Gasteiger charge is -1.96. The summed E-state index contributed by atoms with van der Waals surface area (Å²) >= 11 is 5.84. The van der Waals surface area contributed by atoms with Gasteiger partial charge in [-0.15, -0.1) is 0 Å². The first-order valence-electron chi connectivity index (χ1n) is 5.92. The van der Waals surface area contributed by atoms with Crippen LogP contribution in [0.2, 0.25) is 5.02 Å². The molecule has 98 valence electrons. The molecule has 0 bridgehead atoms. The maximum atomic E-state index is 10.7. The van der Waals surface area contributed by atoms with E-state index in [1.54, 1.807) is 0 Å². The van der Waals surface area contributed by atoms with E-state index in [-0.39, 0.29) is 5.91 Å². The molecule has 1 aromatic heterocycles. The Morgan fingerprint density at radius 1 is 1.26 bits per heavy atom. The summed E-state index contributed by atoms with van der Waals surface area (Å²) < 4.78 is 5.67. The molecule has 0 saturated carbocycles. The van der Waals surface area contributed by atoms with Crippen molar-refractivity contribution >= 4 is 23.6 Å². The Morgan fingerprint density at radius 2 is 2.00 bits per heavy atom. The third-order valence-corrected chi connectivity index (χ3v) is 2.76. The van der Waals surface area contributed by atoms with Crippen molar-refractivity contribution in [3.05, 3.63) is 53.3 Å². The number of hydrogen-bond acceptors (Lipinski definition) is 2. The third-order valence-electron chi connectivity index (χ3n) is 2.51.